The van der Waals surface area contributed by atoms with Crippen molar-refractivity contribution < 1.29 is 9.21 Å². The van der Waals surface area contributed by atoms with Crippen LogP contribution in [0, 0.1) is 5.92 Å². The van der Waals surface area contributed by atoms with E-state index in [9.17, 15) is 4.79 Å². The molecule has 0 spiro atoms. The fourth-order valence-corrected chi connectivity index (χ4v) is 5.25. The molecule has 6 rings (SSSR count). The zero-order chi connectivity index (χ0) is 23.8. The topological polar surface area (TPSA) is 75.4 Å². The van der Waals surface area contributed by atoms with Gasteiger partial charge in [-0.05, 0) is 60.2 Å². The van der Waals surface area contributed by atoms with Crippen LogP contribution in [0.15, 0.2) is 65.5 Å². The Hall–Kier alpha value is -4.00. The summed E-state index contributed by atoms with van der Waals surface area (Å²) < 4.78 is 5.60. The van der Waals surface area contributed by atoms with Gasteiger partial charge in [-0.1, -0.05) is 25.1 Å². The molecule has 176 valence electrons. The maximum absolute atomic E-state index is 14.1. The molecular weight excluding hydrogens is 438 g/mol. The molecule has 0 bridgehead atoms. The number of aromatic nitrogens is 3. The van der Waals surface area contributed by atoms with Crippen LogP contribution in [0.3, 0.4) is 0 Å². The van der Waals surface area contributed by atoms with Crippen molar-refractivity contribution in [1.82, 2.24) is 19.9 Å². The molecule has 1 fully saturated rings. The molecule has 4 heterocycles. The Kier molecular flexibility index (Phi) is 5.52. The summed E-state index contributed by atoms with van der Waals surface area (Å²) in [6.07, 6.45) is 9.00. The SMILES string of the molecule is CC1C/C(=C\c2ccco2)c2nc3ccccc3c(C(=O)N3CCN(c4ncccn4)CC3)c2C1. The number of amides is 1. The number of fused-ring (bicyclic) bond motifs is 2. The molecule has 1 unspecified atom stereocenters. The van der Waals surface area contributed by atoms with E-state index in [0.29, 0.717) is 38.0 Å². The van der Waals surface area contributed by atoms with Crippen LogP contribution in [0.1, 0.15) is 40.7 Å². The van der Waals surface area contributed by atoms with Gasteiger partial charge in [-0.15, -0.1) is 0 Å². The molecule has 3 aromatic heterocycles. The van der Waals surface area contributed by atoms with Crippen molar-refractivity contribution in [2.75, 3.05) is 31.1 Å². The van der Waals surface area contributed by atoms with Crippen LogP contribution in [0.4, 0.5) is 5.95 Å². The lowest BCUT2D eigenvalue weighted by atomic mass is 9.80. The lowest BCUT2D eigenvalue weighted by Gasteiger charge is -2.36. The molecular formula is C28H27N5O2. The summed E-state index contributed by atoms with van der Waals surface area (Å²) in [7, 11) is 0. The number of hydrogen-bond acceptors (Lipinski definition) is 6. The Bertz CT molecular complexity index is 1390. The fraction of sp³-hybridized carbons (Fsp3) is 0.286. The normalized spacial score (nSPS) is 19.2. The van der Waals surface area contributed by atoms with Crippen LogP contribution < -0.4 is 4.90 Å². The van der Waals surface area contributed by atoms with Gasteiger partial charge in [0, 0.05) is 44.0 Å². The minimum absolute atomic E-state index is 0.0833. The van der Waals surface area contributed by atoms with Gasteiger partial charge in [-0.2, -0.15) is 0 Å². The predicted molar refractivity (Wildman–Crippen MR) is 136 cm³/mol. The number of benzene rings is 1. The Morgan fingerprint density at radius 3 is 2.57 bits per heavy atom. The maximum atomic E-state index is 14.1. The molecule has 1 aliphatic carbocycles. The van der Waals surface area contributed by atoms with Gasteiger partial charge in [0.05, 0.1) is 23.0 Å². The van der Waals surface area contributed by atoms with Gasteiger partial charge in [0.2, 0.25) is 5.95 Å². The van der Waals surface area contributed by atoms with Crippen LogP contribution >= 0.6 is 0 Å². The number of piperazine rings is 1. The first-order valence-corrected chi connectivity index (χ1v) is 12.1. The summed E-state index contributed by atoms with van der Waals surface area (Å²) in [5.74, 6) is 2.01. The first-order valence-electron chi connectivity index (χ1n) is 12.1. The molecule has 0 N–H and O–H groups in total. The zero-order valence-corrected chi connectivity index (χ0v) is 19.7. The van der Waals surface area contributed by atoms with E-state index < -0.39 is 0 Å². The Labute approximate surface area is 204 Å². The molecule has 0 radical (unpaired) electrons. The second kappa shape index (κ2) is 8.98. The second-order valence-corrected chi connectivity index (χ2v) is 9.36. The lowest BCUT2D eigenvalue weighted by molar-refractivity contribution is 0.0746. The molecule has 1 aliphatic heterocycles. The summed E-state index contributed by atoms with van der Waals surface area (Å²) in [5, 5.41) is 0.927. The van der Waals surface area contributed by atoms with Crippen molar-refractivity contribution >= 4 is 34.4 Å². The standard InChI is InChI=1S/C28H27N5O2/c1-19-16-20(18-21-6-4-15-35-21)26-23(17-19)25(22-7-2-3-8-24(22)31-26)27(34)32-11-13-33(14-12-32)28-29-9-5-10-30-28/h2-10,15,18-19H,11-14,16-17H2,1H3/b20-18+. The smallest absolute Gasteiger partial charge is 0.255 e. The van der Waals surface area contributed by atoms with Crippen molar-refractivity contribution in [2.45, 2.75) is 19.8 Å². The van der Waals surface area contributed by atoms with E-state index in [1.165, 1.54) is 0 Å². The number of carbonyl (C=O) groups is 1. The molecule has 4 aromatic rings. The zero-order valence-electron chi connectivity index (χ0n) is 19.7. The quantitative estimate of drug-likeness (QED) is 0.437. The summed E-state index contributed by atoms with van der Waals surface area (Å²) in [6.45, 7) is 4.92. The van der Waals surface area contributed by atoms with Crippen LogP contribution in [-0.4, -0.2) is 51.9 Å². The first kappa shape index (κ1) is 21.5. The number of anilines is 1. The van der Waals surface area contributed by atoms with Crippen LogP contribution in [-0.2, 0) is 6.42 Å². The van der Waals surface area contributed by atoms with E-state index in [2.05, 4.69) is 27.9 Å². The Balaban J connectivity index is 1.39. The van der Waals surface area contributed by atoms with Gasteiger partial charge in [0.15, 0.2) is 0 Å². The van der Waals surface area contributed by atoms with Gasteiger partial charge in [0.25, 0.3) is 5.91 Å². The van der Waals surface area contributed by atoms with Crippen molar-refractivity contribution in [1.29, 1.82) is 0 Å². The van der Waals surface area contributed by atoms with E-state index >= 15 is 0 Å². The van der Waals surface area contributed by atoms with Crippen LogP contribution in [0.2, 0.25) is 0 Å². The van der Waals surface area contributed by atoms with E-state index in [1.807, 2.05) is 47.4 Å². The molecule has 0 saturated carbocycles. The minimum Gasteiger partial charge on any atom is -0.465 e. The summed E-state index contributed by atoms with van der Waals surface area (Å²) in [4.78, 5) is 32.0. The van der Waals surface area contributed by atoms with Crippen molar-refractivity contribution in [3.63, 3.8) is 0 Å². The highest BCUT2D eigenvalue weighted by Crippen LogP contribution is 2.39. The largest absolute Gasteiger partial charge is 0.465 e. The molecule has 7 nitrogen and oxygen atoms in total. The van der Waals surface area contributed by atoms with Gasteiger partial charge >= 0.3 is 0 Å². The molecule has 1 aromatic carbocycles. The molecule has 1 amide bonds. The van der Waals surface area contributed by atoms with Crippen molar-refractivity contribution in [2.24, 2.45) is 5.92 Å². The second-order valence-electron chi connectivity index (χ2n) is 9.36. The highest BCUT2D eigenvalue weighted by Gasteiger charge is 2.31. The van der Waals surface area contributed by atoms with Gasteiger partial charge in [-0.3, -0.25) is 4.79 Å². The Morgan fingerprint density at radius 1 is 1.00 bits per heavy atom. The third-order valence-electron chi connectivity index (χ3n) is 6.89. The third kappa shape index (κ3) is 4.07. The molecule has 2 aliphatic rings. The summed E-state index contributed by atoms with van der Waals surface area (Å²) >= 11 is 0. The van der Waals surface area contributed by atoms with E-state index in [0.717, 1.165) is 51.9 Å². The van der Waals surface area contributed by atoms with E-state index in [1.54, 1.807) is 18.7 Å². The number of allylic oxidation sites excluding steroid dienone is 1. The molecule has 7 heteroatoms. The highest BCUT2D eigenvalue weighted by molar-refractivity contribution is 6.09. The highest BCUT2D eigenvalue weighted by atomic mass is 16.3. The Morgan fingerprint density at radius 2 is 1.80 bits per heavy atom. The maximum Gasteiger partial charge on any atom is 0.255 e. The molecule has 1 atom stereocenters. The average Bonchev–Trinajstić information content (AvgIpc) is 3.41. The van der Waals surface area contributed by atoms with Crippen LogP contribution in [0.25, 0.3) is 22.6 Å². The fourth-order valence-electron chi connectivity index (χ4n) is 5.25. The van der Waals surface area contributed by atoms with Crippen molar-refractivity contribution in [3.05, 3.63) is 83.7 Å². The van der Waals surface area contributed by atoms with E-state index in [4.69, 9.17) is 9.40 Å². The first-order chi connectivity index (χ1) is 17.2. The predicted octanol–water partition coefficient (Wildman–Crippen LogP) is 4.70. The van der Waals surface area contributed by atoms with Gasteiger partial charge in [0.1, 0.15) is 5.76 Å². The number of nitrogens with zero attached hydrogens (tertiary/aromatic N) is 5. The van der Waals surface area contributed by atoms with Gasteiger partial charge in [-0.25, -0.2) is 15.0 Å². The molecule has 35 heavy (non-hydrogen) atoms. The number of hydrogen-bond donors (Lipinski definition) is 0. The average molecular weight is 466 g/mol. The lowest BCUT2D eigenvalue weighted by Crippen LogP contribution is -2.49. The summed E-state index contributed by atoms with van der Waals surface area (Å²) in [6, 6.07) is 13.7. The van der Waals surface area contributed by atoms with Crippen molar-refractivity contribution in [3.8, 4) is 0 Å². The van der Waals surface area contributed by atoms with E-state index in [-0.39, 0.29) is 5.91 Å². The molecule has 1 saturated heterocycles. The third-order valence-corrected chi connectivity index (χ3v) is 6.89. The number of para-hydroxylation sites is 1. The monoisotopic (exact) mass is 465 g/mol. The summed E-state index contributed by atoms with van der Waals surface area (Å²) in [5.41, 5.74) is 4.76. The minimum atomic E-state index is 0.0833. The number of carbonyl (C=O) groups excluding carboxylic acids is 1. The van der Waals surface area contributed by atoms with Gasteiger partial charge < -0.3 is 14.2 Å². The number of rotatable bonds is 3. The number of furan rings is 1. The number of pyridine rings is 1. The van der Waals surface area contributed by atoms with Crippen LogP contribution in [0.5, 0.6) is 0 Å².